The van der Waals surface area contributed by atoms with Crippen molar-refractivity contribution < 1.29 is 14.2 Å². The SMILES string of the molecule is C=CCn1c(SCc2cn3ccccc3n2)nnc1-c1cc(OC)c(OC)c(OC)c1. The number of benzene rings is 1. The lowest BCUT2D eigenvalue weighted by atomic mass is 10.1. The smallest absolute Gasteiger partial charge is 0.203 e. The van der Waals surface area contributed by atoms with E-state index in [4.69, 9.17) is 14.2 Å². The zero-order chi connectivity index (χ0) is 21.8. The van der Waals surface area contributed by atoms with Crippen molar-refractivity contribution in [1.82, 2.24) is 24.1 Å². The van der Waals surface area contributed by atoms with Gasteiger partial charge in [0.1, 0.15) is 5.65 Å². The molecule has 0 aliphatic carbocycles. The second kappa shape index (κ2) is 9.13. The number of pyridine rings is 1. The molecule has 0 spiro atoms. The van der Waals surface area contributed by atoms with Gasteiger partial charge in [0.05, 0.1) is 27.0 Å². The molecule has 0 aliphatic heterocycles. The molecule has 160 valence electrons. The Kier molecular flexibility index (Phi) is 6.13. The standard InChI is InChI=1S/C22H23N5O3S/c1-5-9-27-21(15-11-17(28-2)20(30-4)18(12-15)29-3)24-25-22(27)31-14-16-13-26-10-7-6-8-19(26)23-16/h5-8,10-13H,1,9,14H2,2-4H3. The number of hydrogen-bond acceptors (Lipinski definition) is 7. The van der Waals surface area contributed by atoms with Crippen LogP contribution in [-0.4, -0.2) is 45.5 Å². The molecule has 0 aliphatic rings. The van der Waals surface area contributed by atoms with E-state index in [1.165, 1.54) is 0 Å². The normalized spacial score (nSPS) is 10.9. The van der Waals surface area contributed by atoms with Crippen LogP contribution in [0.1, 0.15) is 5.69 Å². The van der Waals surface area contributed by atoms with Crippen molar-refractivity contribution >= 4 is 17.4 Å². The fraction of sp³-hybridized carbons (Fsp3) is 0.227. The van der Waals surface area contributed by atoms with Gasteiger partial charge in [-0.05, 0) is 24.3 Å². The van der Waals surface area contributed by atoms with E-state index in [0.717, 1.165) is 22.1 Å². The van der Waals surface area contributed by atoms with Gasteiger partial charge < -0.3 is 18.6 Å². The number of imidazole rings is 1. The molecule has 1 aromatic carbocycles. The minimum absolute atomic E-state index is 0.532. The number of ether oxygens (including phenoxy) is 3. The number of fused-ring (bicyclic) bond motifs is 1. The molecule has 3 aromatic heterocycles. The summed E-state index contributed by atoms with van der Waals surface area (Å²) in [6, 6.07) is 9.67. The van der Waals surface area contributed by atoms with Gasteiger partial charge in [-0.3, -0.25) is 4.57 Å². The number of thioether (sulfide) groups is 1. The molecule has 0 N–H and O–H groups in total. The topological polar surface area (TPSA) is 75.7 Å². The molecule has 0 fully saturated rings. The summed E-state index contributed by atoms with van der Waals surface area (Å²) in [5.41, 5.74) is 2.70. The Hall–Kier alpha value is -3.46. The van der Waals surface area contributed by atoms with Crippen molar-refractivity contribution in [2.75, 3.05) is 21.3 Å². The Morgan fingerprint density at radius 1 is 1.06 bits per heavy atom. The van der Waals surface area contributed by atoms with Gasteiger partial charge in [0, 0.05) is 30.3 Å². The highest BCUT2D eigenvalue weighted by atomic mass is 32.2. The summed E-state index contributed by atoms with van der Waals surface area (Å²) < 4.78 is 20.4. The third-order valence-electron chi connectivity index (χ3n) is 4.71. The molecular weight excluding hydrogens is 414 g/mol. The minimum Gasteiger partial charge on any atom is -0.493 e. The summed E-state index contributed by atoms with van der Waals surface area (Å²) in [6.07, 6.45) is 5.83. The lowest BCUT2D eigenvalue weighted by Crippen LogP contribution is -2.02. The van der Waals surface area contributed by atoms with Crippen LogP contribution in [0.15, 0.2) is 60.5 Å². The van der Waals surface area contributed by atoms with Crippen LogP contribution in [0.3, 0.4) is 0 Å². The molecule has 0 unspecified atom stereocenters. The summed E-state index contributed by atoms with van der Waals surface area (Å²) >= 11 is 1.58. The van der Waals surface area contributed by atoms with Gasteiger partial charge in [0.25, 0.3) is 0 Å². The molecule has 0 saturated heterocycles. The number of nitrogens with zero attached hydrogens (tertiary/aromatic N) is 5. The number of aromatic nitrogens is 5. The molecule has 0 radical (unpaired) electrons. The van der Waals surface area contributed by atoms with Crippen LogP contribution < -0.4 is 14.2 Å². The first-order valence-corrected chi connectivity index (χ1v) is 10.6. The van der Waals surface area contributed by atoms with Gasteiger partial charge in [0.15, 0.2) is 22.5 Å². The molecule has 0 atom stereocenters. The number of hydrogen-bond donors (Lipinski definition) is 0. The molecule has 4 rings (SSSR count). The Bertz CT molecular complexity index is 1160. The third-order valence-corrected chi connectivity index (χ3v) is 5.71. The minimum atomic E-state index is 0.532. The van der Waals surface area contributed by atoms with Crippen LogP contribution in [0.25, 0.3) is 17.0 Å². The number of methoxy groups -OCH3 is 3. The Labute approximate surface area is 184 Å². The average Bonchev–Trinajstić information content (AvgIpc) is 3.40. The van der Waals surface area contributed by atoms with Crippen LogP contribution in [0.5, 0.6) is 17.2 Å². The predicted octanol–water partition coefficient (Wildman–Crippen LogP) is 4.10. The van der Waals surface area contributed by atoms with Gasteiger partial charge in [-0.2, -0.15) is 0 Å². The monoisotopic (exact) mass is 437 g/mol. The van der Waals surface area contributed by atoms with Crippen molar-refractivity contribution in [2.24, 2.45) is 0 Å². The second-order valence-electron chi connectivity index (χ2n) is 6.61. The quantitative estimate of drug-likeness (QED) is 0.288. The van der Waals surface area contributed by atoms with Crippen molar-refractivity contribution in [3.8, 4) is 28.6 Å². The van der Waals surface area contributed by atoms with E-state index in [-0.39, 0.29) is 0 Å². The van der Waals surface area contributed by atoms with E-state index >= 15 is 0 Å². The average molecular weight is 438 g/mol. The van der Waals surface area contributed by atoms with Crippen LogP contribution in [0.2, 0.25) is 0 Å². The lowest BCUT2D eigenvalue weighted by molar-refractivity contribution is 0.324. The van der Waals surface area contributed by atoms with Crippen LogP contribution in [0.4, 0.5) is 0 Å². The van der Waals surface area contributed by atoms with Crippen LogP contribution in [-0.2, 0) is 12.3 Å². The first-order chi connectivity index (χ1) is 15.2. The third kappa shape index (κ3) is 4.09. The second-order valence-corrected chi connectivity index (χ2v) is 7.55. The summed E-state index contributed by atoms with van der Waals surface area (Å²) in [6.45, 7) is 4.44. The van der Waals surface area contributed by atoms with Crippen molar-refractivity contribution in [2.45, 2.75) is 17.5 Å². The molecule has 8 nitrogen and oxygen atoms in total. The first-order valence-electron chi connectivity index (χ1n) is 9.58. The van der Waals surface area contributed by atoms with Crippen molar-refractivity contribution in [3.05, 3.63) is 61.1 Å². The molecule has 9 heteroatoms. The zero-order valence-electron chi connectivity index (χ0n) is 17.6. The van der Waals surface area contributed by atoms with E-state index in [9.17, 15) is 0 Å². The Morgan fingerprint density at radius 2 is 1.84 bits per heavy atom. The zero-order valence-corrected chi connectivity index (χ0v) is 18.4. The largest absolute Gasteiger partial charge is 0.493 e. The Morgan fingerprint density at radius 3 is 2.48 bits per heavy atom. The van der Waals surface area contributed by atoms with Crippen molar-refractivity contribution in [1.29, 1.82) is 0 Å². The van der Waals surface area contributed by atoms with Crippen LogP contribution in [0, 0.1) is 0 Å². The van der Waals surface area contributed by atoms with E-state index in [1.54, 1.807) is 33.1 Å². The van der Waals surface area contributed by atoms with Crippen LogP contribution >= 0.6 is 11.8 Å². The lowest BCUT2D eigenvalue weighted by Gasteiger charge is -2.14. The highest BCUT2D eigenvalue weighted by Gasteiger charge is 2.19. The van der Waals surface area contributed by atoms with E-state index in [0.29, 0.717) is 35.4 Å². The van der Waals surface area contributed by atoms with Crippen molar-refractivity contribution in [3.63, 3.8) is 0 Å². The number of allylic oxidation sites excluding steroid dienone is 1. The summed E-state index contributed by atoms with van der Waals surface area (Å²) in [5.74, 6) is 3.01. The first kappa shape index (κ1) is 20.8. The van der Waals surface area contributed by atoms with Gasteiger partial charge in [-0.25, -0.2) is 4.98 Å². The Balaban J connectivity index is 1.66. The molecule has 31 heavy (non-hydrogen) atoms. The summed E-state index contributed by atoms with van der Waals surface area (Å²) in [5, 5.41) is 9.63. The maximum Gasteiger partial charge on any atom is 0.203 e. The molecular formula is C22H23N5O3S. The predicted molar refractivity (Wildman–Crippen MR) is 120 cm³/mol. The maximum absolute atomic E-state index is 5.48. The molecule has 0 bridgehead atoms. The highest BCUT2D eigenvalue weighted by molar-refractivity contribution is 7.98. The molecule has 0 saturated carbocycles. The fourth-order valence-electron chi connectivity index (χ4n) is 3.31. The van der Waals surface area contributed by atoms with Gasteiger partial charge >= 0.3 is 0 Å². The number of rotatable bonds is 9. The highest BCUT2D eigenvalue weighted by Crippen LogP contribution is 2.41. The summed E-state index contributed by atoms with van der Waals surface area (Å²) in [4.78, 5) is 4.65. The molecule has 3 heterocycles. The van der Waals surface area contributed by atoms with E-state index < -0.39 is 0 Å². The van der Waals surface area contributed by atoms with E-state index in [2.05, 4.69) is 21.8 Å². The summed E-state index contributed by atoms with van der Waals surface area (Å²) in [7, 11) is 4.76. The molecule has 0 amide bonds. The van der Waals surface area contributed by atoms with Gasteiger partial charge in [-0.1, -0.05) is 23.9 Å². The maximum atomic E-state index is 5.48. The fourth-order valence-corrected chi connectivity index (χ4v) is 4.14. The van der Waals surface area contributed by atoms with Gasteiger partial charge in [0.2, 0.25) is 5.75 Å². The van der Waals surface area contributed by atoms with E-state index in [1.807, 2.05) is 57.8 Å². The van der Waals surface area contributed by atoms with Gasteiger partial charge in [-0.15, -0.1) is 16.8 Å². The molecule has 4 aromatic rings.